The predicted octanol–water partition coefficient (Wildman–Crippen LogP) is 6.26. The average Bonchev–Trinajstić information content (AvgIpc) is 2.60. The van der Waals surface area contributed by atoms with Crippen molar-refractivity contribution in [2.45, 2.75) is 99.0 Å². The summed E-state index contributed by atoms with van der Waals surface area (Å²) in [4.78, 5) is 10.0. The standard InChI is InChI=1S/C16H36P.C5H11NO2/c1-5-9-13-17(14-10-6-2,15-11-7-3)16-12-8-4;1-3(2)4(6)5(7)8/h5-16H2,1-4H3;3-4H,6H2,1-2H3,(H,7,8)/q+1;/t;4-/m.0/s1. The third-order valence-corrected chi connectivity index (χ3v) is 10.0. The highest BCUT2D eigenvalue weighted by molar-refractivity contribution is 7.75. The molecule has 0 saturated heterocycles. The summed E-state index contributed by atoms with van der Waals surface area (Å²) in [7, 11) is -0.562. The highest BCUT2D eigenvalue weighted by Gasteiger charge is 2.34. The molecule has 0 saturated carbocycles. The van der Waals surface area contributed by atoms with Gasteiger partial charge in [-0.15, -0.1) is 0 Å². The molecule has 25 heavy (non-hydrogen) atoms. The van der Waals surface area contributed by atoms with E-state index < -0.39 is 19.3 Å². The Morgan fingerprint density at radius 2 is 1.08 bits per heavy atom. The molecular weight excluding hydrogens is 329 g/mol. The van der Waals surface area contributed by atoms with E-state index in [1.165, 1.54) is 51.4 Å². The zero-order valence-corrected chi connectivity index (χ0v) is 18.9. The molecule has 3 nitrogen and oxygen atoms in total. The number of nitrogens with two attached hydrogens (primary N) is 1. The van der Waals surface area contributed by atoms with Crippen molar-refractivity contribution in [3.05, 3.63) is 0 Å². The van der Waals surface area contributed by atoms with Gasteiger partial charge >= 0.3 is 5.97 Å². The van der Waals surface area contributed by atoms with Crippen LogP contribution in [0.25, 0.3) is 0 Å². The second kappa shape index (κ2) is 17.3. The van der Waals surface area contributed by atoms with Crippen molar-refractivity contribution in [2.75, 3.05) is 24.6 Å². The van der Waals surface area contributed by atoms with E-state index in [0.29, 0.717) is 0 Å². The molecule has 0 aromatic carbocycles. The SMILES string of the molecule is CC(C)[C@H](N)C(=O)O.CCCC[P+](CCCC)(CCCC)CCCC. The van der Waals surface area contributed by atoms with E-state index in [9.17, 15) is 4.79 Å². The van der Waals surface area contributed by atoms with E-state index in [-0.39, 0.29) is 5.92 Å². The van der Waals surface area contributed by atoms with Crippen LogP contribution in [0, 0.1) is 5.92 Å². The lowest BCUT2D eigenvalue weighted by atomic mass is 10.1. The third-order valence-electron chi connectivity index (χ3n) is 4.95. The van der Waals surface area contributed by atoms with Crippen LogP contribution in [-0.4, -0.2) is 41.8 Å². The highest BCUT2D eigenvalue weighted by Crippen LogP contribution is 2.61. The number of unbranched alkanes of at least 4 members (excludes halogenated alkanes) is 4. The first kappa shape index (κ1) is 27.1. The fourth-order valence-corrected chi connectivity index (χ4v) is 8.22. The minimum Gasteiger partial charge on any atom is -0.480 e. The van der Waals surface area contributed by atoms with Gasteiger partial charge in [-0.3, -0.25) is 4.79 Å². The monoisotopic (exact) mass is 376 g/mol. The second-order valence-electron chi connectivity index (χ2n) is 7.76. The Morgan fingerprint density at radius 1 is 0.800 bits per heavy atom. The fraction of sp³-hybridized carbons (Fsp3) is 0.952. The molecule has 152 valence electrons. The molecule has 0 unspecified atom stereocenters. The number of carboxylic acid groups (broad SMARTS) is 1. The zero-order valence-electron chi connectivity index (χ0n) is 18.0. The summed E-state index contributed by atoms with van der Waals surface area (Å²) in [6, 6.07) is -0.713. The van der Waals surface area contributed by atoms with E-state index in [1.54, 1.807) is 38.5 Å². The summed E-state index contributed by atoms with van der Waals surface area (Å²) in [5.74, 6) is -0.910. The van der Waals surface area contributed by atoms with Gasteiger partial charge in [-0.2, -0.15) is 0 Å². The van der Waals surface area contributed by atoms with Gasteiger partial charge in [-0.05, 0) is 31.6 Å². The summed E-state index contributed by atoms with van der Waals surface area (Å²) < 4.78 is 0. The molecule has 1 atom stereocenters. The number of hydrogen-bond acceptors (Lipinski definition) is 2. The maximum Gasteiger partial charge on any atom is 0.320 e. The Balaban J connectivity index is 0. The van der Waals surface area contributed by atoms with Crippen LogP contribution in [0.1, 0.15) is 92.9 Å². The summed E-state index contributed by atoms with van der Waals surface area (Å²) in [6.45, 7) is 13.0. The molecule has 0 aliphatic carbocycles. The van der Waals surface area contributed by atoms with Crippen molar-refractivity contribution in [1.82, 2.24) is 0 Å². The van der Waals surface area contributed by atoms with E-state index in [1.807, 2.05) is 0 Å². The Hall–Kier alpha value is -0.140. The molecule has 0 aliphatic rings. The van der Waals surface area contributed by atoms with Crippen LogP contribution in [0.15, 0.2) is 0 Å². The summed E-state index contributed by atoms with van der Waals surface area (Å²) in [6.07, 6.45) is 17.9. The molecule has 3 N–H and O–H groups in total. The van der Waals surface area contributed by atoms with Gasteiger partial charge in [0.1, 0.15) is 6.04 Å². The number of carboxylic acids is 1. The largest absolute Gasteiger partial charge is 0.480 e. The van der Waals surface area contributed by atoms with Crippen LogP contribution in [-0.2, 0) is 4.79 Å². The van der Waals surface area contributed by atoms with Gasteiger partial charge in [0.15, 0.2) is 0 Å². The quantitative estimate of drug-likeness (QED) is 0.352. The fourth-order valence-electron chi connectivity index (χ4n) is 2.93. The smallest absolute Gasteiger partial charge is 0.320 e. The van der Waals surface area contributed by atoms with Crippen molar-refractivity contribution < 1.29 is 9.90 Å². The lowest BCUT2D eigenvalue weighted by Gasteiger charge is -2.28. The van der Waals surface area contributed by atoms with E-state index in [0.717, 1.165) is 0 Å². The predicted molar refractivity (Wildman–Crippen MR) is 116 cm³/mol. The third kappa shape index (κ3) is 14.7. The molecule has 0 aliphatic heterocycles. The highest BCUT2D eigenvalue weighted by atomic mass is 31.2. The molecule has 0 rings (SSSR count). The Bertz CT molecular complexity index is 271. The van der Waals surface area contributed by atoms with E-state index >= 15 is 0 Å². The molecule has 0 heterocycles. The van der Waals surface area contributed by atoms with Crippen molar-refractivity contribution in [3.8, 4) is 0 Å². The zero-order chi connectivity index (χ0) is 19.7. The molecule has 4 heteroatoms. The van der Waals surface area contributed by atoms with Crippen molar-refractivity contribution in [1.29, 1.82) is 0 Å². The number of aliphatic carboxylic acids is 1. The molecular formula is C21H47NO2P+. The first-order valence-corrected chi connectivity index (χ1v) is 13.2. The lowest BCUT2D eigenvalue weighted by molar-refractivity contribution is -0.139. The topological polar surface area (TPSA) is 63.3 Å². The molecule has 0 spiro atoms. The van der Waals surface area contributed by atoms with E-state index in [4.69, 9.17) is 10.8 Å². The number of hydrogen-bond donors (Lipinski definition) is 2. The summed E-state index contributed by atoms with van der Waals surface area (Å²) in [5, 5.41) is 8.23. The van der Waals surface area contributed by atoms with E-state index in [2.05, 4.69) is 27.7 Å². The van der Waals surface area contributed by atoms with Crippen LogP contribution in [0.4, 0.5) is 0 Å². The Labute approximate surface area is 158 Å². The Kier molecular flexibility index (Phi) is 18.7. The van der Waals surface area contributed by atoms with Crippen LogP contribution in [0.3, 0.4) is 0 Å². The molecule has 0 aromatic heterocycles. The second-order valence-corrected chi connectivity index (χ2v) is 12.2. The van der Waals surface area contributed by atoms with Gasteiger partial charge in [0.2, 0.25) is 0 Å². The van der Waals surface area contributed by atoms with Crippen LogP contribution >= 0.6 is 7.26 Å². The van der Waals surface area contributed by atoms with Gasteiger partial charge in [0, 0.05) is 7.26 Å². The van der Waals surface area contributed by atoms with Crippen LogP contribution in [0.2, 0.25) is 0 Å². The van der Waals surface area contributed by atoms with Gasteiger partial charge in [-0.1, -0.05) is 67.2 Å². The summed E-state index contributed by atoms with van der Waals surface area (Å²) in [5.41, 5.74) is 5.16. The van der Waals surface area contributed by atoms with Crippen LogP contribution in [0.5, 0.6) is 0 Å². The van der Waals surface area contributed by atoms with Gasteiger partial charge in [0.25, 0.3) is 0 Å². The van der Waals surface area contributed by atoms with Crippen LogP contribution < -0.4 is 5.73 Å². The minimum absolute atomic E-state index is 0.0208. The average molecular weight is 377 g/mol. The minimum atomic E-state index is -0.931. The van der Waals surface area contributed by atoms with Gasteiger partial charge in [0.05, 0.1) is 24.6 Å². The molecule has 0 amide bonds. The maximum absolute atomic E-state index is 10.0. The first-order chi connectivity index (χ1) is 11.8. The number of carbonyl (C=O) groups is 1. The normalized spacial score (nSPS) is 12.6. The van der Waals surface area contributed by atoms with Gasteiger partial charge in [-0.25, -0.2) is 0 Å². The maximum atomic E-state index is 10.0. The molecule has 0 fully saturated rings. The van der Waals surface area contributed by atoms with Crippen molar-refractivity contribution in [2.24, 2.45) is 11.7 Å². The molecule has 0 aromatic rings. The summed E-state index contributed by atoms with van der Waals surface area (Å²) >= 11 is 0. The molecule has 0 radical (unpaired) electrons. The number of rotatable bonds is 14. The lowest BCUT2D eigenvalue weighted by Crippen LogP contribution is -2.34. The first-order valence-electron chi connectivity index (χ1n) is 10.6. The Morgan fingerprint density at radius 3 is 1.20 bits per heavy atom. The van der Waals surface area contributed by atoms with Crippen molar-refractivity contribution >= 4 is 13.2 Å². The van der Waals surface area contributed by atoms with Crippen molar-refractivity contribution in [3.63, 3.8) is 0 Å². The van der Waals surface area contributed by atoms with Gasteiger partial charge < -0.3 is 10.8 Å². The molecule has 0 bridgehead atoms.